The second kappa shape index (κ2) is 4.94. The second-order valence-electron chi connectivity index (χ2n) is 4.54. The zero-order valence-corrected chi connectivity index (χ0v) is 9.37. The summed E-state index contributed by atoms with van der Waals surface area (Å²) in [4.78, 5) is 13.9. The van der Waals surface area contributed by atoms with Gasteiger partial charge in [0.25, 0.3) is 0 Å². The van der Waals surface area contributed by atoms with Crippen LogP contribution < -0.4 is 5.32 Å². The van der Waals surface area contributed by atoms with Crippen molar-refractivity contribution in [1.29, 1.82) is 0 Å². The molecule has 2 aliphatic rings. The fourth-order valence-corrected chi connectivity index (χ4v) is 1.82. The highest BCUT2D eigenvalue weighted by molar-refractivity contribution is 5.75. The first kappa shape index (κ1) is 10.9. The summed E-state index contributed by atoms with van der Waals surface area (Å²) >= 11 is 0. The molecule has 0 aromatic carbocycles. The Balaban J connectivity index is 1.71. The Morgan fingerprint density at radius 3 is 2.73 bits per heavy atom. The lowest BCUT2D eigenvalue weighted by Crippen LogP contribution is -2.50. The van der Waals surface area contributed by atoms with Crippen molar-refractivity contribution in [3.8, 4) is 0 Å². The van der Waals surface area contributed by atoms with Crippen molar-refractivity contribution in [2.45, 2.75) is 25.8 Å². The van der Waals surface area contributed by atoms with Gasteiger partial charge in [0.15, 0.2) is 0 Å². The molecule has 4 heteroatoms. The Kier molecular flexibility index (Phi) is 3.59. The predicted molar refractivity (Wildman–Crippen MR) is 57.6 cm³/mol. The van der Waals surface area contributed by atoms with Crippen LogP contribution in [0, 0.1) is 5.92 Å². The van der Waals surface area contributed by atoms with Crippen molar-refractivity contribution < 1.29 is 9.53 Å². The van der Waals surface area contributed by atoms with Crippen molar-refractivity contribution in [3.05, 3.63) is 0 Å². The molecule has 1 heterocycles. The topological polar surface area (TPSA) is 41.6 Å². The van der Waals surface area contributed by atoms with Crippen LogP contribution in [0.1, 0.15) is 19.8 Å². The third-order valence-corrected chi connectivity index (χ3v) is 3.20. The van der Waals surface area contributed by atoms with E-state index in [-0.39, 0.29) is 12.0 Å². The van der Waals surface area contributed by atoms with Gasteiger partial charge >= 0.3 is 5.97 Å². The number of ether oxygens (including phenoxy) is 1. The number of carbonyl (C=O) groups is 1. The molecular formula is C11H20N2O2. The highest BCUT2D eigenvalue weighted by Crippen LogP contribution is 2.28. The summed E-state index contributed by atoms with van der Waals surface area (Å²) in [5, 5.41) is 3.27. The van der Waals surface area contributed by atoms with Crippen LogP contribution in [0.5, 0.6) is 0 Å². The molecule has 0 amide bonds. The van der Waals surface area contributed by atoms with Gasteiger partial charge in [-0.15, -0.1) is 0 Å². The van der Waals surface area contributed by atoms with Crippen LogP contribution in [-0.4, -0.2) is 49.7 Å². The molecule has 4 nitrogen and oxygen atoms in total. The van der Waals surface area contributed by atoms with E-state index < -0.39 is 0 Å². The largest absolute Gasteiger partial charge is 0.464 e. The number of piperazine rings is 1. The van der Waals surface area contributed by atoms with E-state index in [2.05, 4.69) is 10.2 Å². The van der Waals surface area contributed by atoms with E-state index in [9.17, 15) is 4.79 Å². The minimum atomic E-state index is -0.0779. The smallest absolute Gasteiger partial charge is 0.323 e. The van der Waals surface area contributed by atoms with Gasteiger partial charge < -0.3 is 10.1 Å². The van der Waals surface area contributed by atoms with E-state index in [0.29, 0.717) is 12.5 Å². The van der Waals surface area contributed by atoms with E-state index in [1.54, 1.807) is 0 Å². The monoisotopic (exact) mass is 212 g/mol. The standard InChI is InChI=1S/C11H20N2O2/c1-9(13-6-4-12-5-7-13)11(14)15-8-10-2-3-10/h9-10,12H,2-8H2,1H3. The summed E-state index contributed by atoms with van der Waals surface area (Å²) in [6.07, 6.45) is 2.46. The summed E-state index contributed by atoms with van der Waals surface area (Å²) in [7, 11) is 0. The molecule has 0 bridgehead atoms. The summed E-state index contributed by atoms with van der Waals surface area (Å²) in [5.74, 6) is 0.605. The maximum atomic E-state index is 11.7. The normalized spacial score (nSPS) is 24.9. The minimum absolute atomic E-state index is 0.0520. The van der Waals surface area contributed by atoms with Crippen LogP contribution in [0.4, 0.5) is 0 Å². The van der Waals surface area contributed by atoms with Crippen LogP contribution >= 0.6 is 0 Å². The molecule has 1 aliphatic heterocycles. The second-order valence-corrected chi connectivity index (χ2v) is 4.54. The number of hydrogen-bond donors (Lipinski definition) is 1. The van der Waals surface area contributed by atoms with E-state index >= 15 is 0 Å². The molecule has 86 valence electrons. The average molecular weight is 212 g/mol. The van der Waals surface area contributed by atoms with Gasteiger partial charge in [0.05, 0.1) is 6.61 Å². The number of rotatable bonds is 4. The average Bonchev–Trinajstić information content (AvgIpc) is 3.10. The molecule has 0 aromatic rings. The fraction of sp³-hybridized carbons (Fsp3) is 0.909. The van der Waals surface area contributed by atoms with Gasteiger partial charge in [-0.25, -0.2) is 0 Å². The summed E-state index contributed by atoms with van der Waals surface area (Å²) in [6, 6.07) is -0.0779. The van der Waals surface area contributed by atoms with Crippen molar-refractivity contribution >= 4 is 5.97 Å². The summed E-state index contributed by atoms with van der Waals surface area (Å²) in [5.41, 5.74) is 0. The molecule has 0 radical (unpaired) electrons. The lowest BCUT2D eigenvalue weighted by Gasteiger charge is -2.31. The molecule has 1 atom stereocenters. The number of hydrogen-bond acceptors (Lipinski definition) is 4. The van der Waals surface area contributed by atoms with Gasteiger partial charge in [0.1, 0.15) is 6.04 Å². The fourth-order valence-electron chi connectivity index (χ4n) is 1.82. The maximum Gasteiger partial charge on any atom is 0.323 e. The molecule has 1 unspecified atom stereocenters. The Morgan fingerprint density at radius 1 is 1.47 bits per heavy atom. The van der Waals surface area contributed by atoms with E-state index in [4.69, 9.17) is 4.74 Å². The molecule has 1 aliphatic carbocycles. The number of nitrogens with one attached hydrogen (secondary N) is 1. The molecular weight excluding hydrogens is 192 g/mol. The number of esters is 1. The van der Waals surface area contributed by atoms with E-state index in [1.807, 2.05) is 6.92 Å². The Hall–Kier alpha value is -0.610. The predicted octanol–water partition coefficient (Wildman–Crippen LogP) is 0.233. The molecule has 2 rings (SSSR count). The minimum Gasteiger partial charge on any atom is -0.464 e. The maximum absolute atomic E-state index is 11.7. The van der Waals surface area contributed by atoms with Crippen LogP contribution in [0.2, 0.25) is 0 Å². The van der Waals surface area contributed by atoms with Gasteiger partial charge in [-0.2, -0.15) is 0 Å². The summed E-state index contributed by atoms with van der Waals surface area (Å²) < 4.78 is 5.28. The molecule has 1 N–H and O–H groups in total. The molecule has 0 aromatic heterocycles. The van der Waals surface area contributed by atoms with Gasteiger partial charge in [0.2, 0.25) is 0 Å². The number of nitrogens with zero attached hydrogens (tertiary/aromatic N) is 1. The van der Waals surface area contributed by atoms with Crippen molar-refractivity contribution in [3.63, 3.8) is 0 Å². The van der Waals surface area contributed by atoms with Crippen molar-refractivity contribution in [2.24, 2.45) is 5.92 Å². The first-order valence-electron chi connectivity index (χ1n) is 5.89. The zero-order chi connectivity index (χ0) is 10.7. The van der Waals surface area contributed by atoms with Crippen LogP contribution in [0.15, 0.2) is 0 Å². The first-order valence-corrected chi connectivity index (χ1v) is 5.89. The lowest BCUT2D eigenvalue weighted by molar-refractivity contribution is -0.150. The van der Waals surface area contributed by atoms with E-state index in [0.717, 1.165) is 26.2 Å². The third kappa shape index (κ3) is 3.18. The van der Waals surface area contributed by atoms with E-state index in [1.165, 1.54) is 12.8 Å². The van der Waals surface area contributed by atoms with Crippen molar-refractivity contribution in [2.75, 3.05) is 32.8 Å². The Bertz CT molecular complexity index is 223. The van der Waals surface area contributed by atoms with Crippen LogP contribution in [0.3, 0.4) is 0 Å². The SMILES string of the molecule is CC(C(=O)OCC1CC1)N1CCNCC1. The Labute approximate surface area is 91.0 Å². The van der Waals surface area contributed by atoms with Crippen LogP contribution in [0.25, 0.3) is 0 Å². The molecule has 2 fully saturated rings. The third-order valence-electron chi connectivity index (χ3n) is 3.20. The zero-order valence-electron chi connectivity index (χ0n) is 9.37. The van der Waals surface area contributed by atoms with Gasteiger partial charge in [-0.05, 0) is 25.7 Å². The molecule has 0 spiro atoms. The molecule has 1 saturated carbocycles. The van der Waals surface area contributed by atoms with Crippen LogP contribution in [-0.2, 0) is 9.53 Å². The Morgan fingerprint density at radius 2 is 2.13 bits per heavy atom. The summed E-state index contributed by atoms with van der Waals surface area (Å²) in [6.45, 7) is 6.41. The van der Waals surface area contributed by atoms with Crippen molar-refractivity contribution in [1.82, 2.24) is 10.2 Å². The van der Waals surface area contributed by atoms with Gasteiger partial charge in [0, 0.05) is 26.2 Å². The molecule has 15 heavy (non-hydrogen) atoms. The highest BCUT2D eigenvalue weighted by atomic mass is 16.5. The number of carbonyl (C=O) groups excluding carboxylic acids is 1. The van der Waals surface area contributed by atoms with Gasteiger partial charge in [-0.1, -0.05) is 0 Å². The molecule has 1 saturated heterocycles. The van der Waals surface area contributed by atoms with Gasteiger partial charge in [-0.3, -0.25) is 9.69 Å². The highest BCUT2D eigenvalue weighted by Gasteiger charge is 2.27. The lowest BCUT2D eigenvalue weighted by atomic mass is 10.2. The quantitative estimate of drug-likeness (QED) is 0.678. The first-order chi connectivity index (χ1) is 7.27.